The number of rotatable bonds is 9. The first-order chi connectivity index (χ1) is 14.4. The molecule has 2 rings (SSSR count). The number of hydrogen-bond donors (Lipinski definition) is 1. The molecular formula is C21H22N2O7. The van der Waals surface area contributed by atoms with Crippen LogP contribution < -0.4 is 5.32 Å². The number of esters is 2. The highest BCUT2D eigenvalue weighted by atomic mass is 16.6. The number of nitrogens with one attached hydrogen (secondary N) is 1. The summed E-state index contributed by atoms with van der Waals surface area (Å²) in [5, 5.41) is 13.6. The third kappa shape index (κ3) is 5.63. The van der Waals surface area contributed by atoms with Crippen molar-refractivity contribution in [3.63, 3.8) is 0 Å². The highest BCUT2D eigenvalue weighted by Gasteiger charge is 2.39. The fourth-order valence-electron chi connectivity index (χ4n) is 2.81. The molecule has 9 heteroatoms. The number of benzene rings is 2. The molecule has 2 aromatic carbocycles. The fraction of sp³-hybridized carbons (Fsp3) is 0.286. The zero-order valence-corrected chi connectivity index (χ0v) is 16.6. The molecule has 0 aliphatic carbocycles. The molecule has 0 aromatic heterocycles. The molecule has 0 fully saturated rings. The van der Waals surface area contributed by atoms with Crippen molar-refractivity contribution in [2.45, 2.75) is 19.9 Å². The molecule has 0 saturated carbocycles. The van der Waals surface area contributed by atoms with Crippen molar-refractivity contribution >= 4 is 23.5 Å². The summed E-state index contributed by atoms with van der Waals surface area (Å²) in [5.74, 6) is -3.75. The number of amides is 1. The maximum atomic E-state index is 12.7. The predicted octanol–water partition coefficient (Wildman–Crippen LogP) is 2.81. The molecule has 158 valence electrons. The summed E-state index contributed by atoms with van der Waals surface area (Å²) in [6, 6.07) is 12.3. The first-order valence-corrected chi connectivity index (χ1v) is 9.32. The lowest BCUT2D eigenvalue weighted by Gasteiger charge is -2.25. The number of nitro benzene ring substituents is 1. The highest BCUT2D eigenvalue weighted by Crippen LogP contribution is 2.27. The Balaban J connectivity index is 2.48. The average molecular weight is 414 g/mol. The van der Waals surface area contributed by atoms with Crippen LogP contribution in [0.15, 0.2) is 54.6 Å². The second-order valence-corrected chi connectivity index (χ2v) is 6.15. The SMILES string of the molecule is CCOC(=O)C(C(=O)OCC)C(NC(=O)c1ccccc1)c1ccc([N+](=O)[O-])cc1. The minimum absolute atomic E-state index is 0.0222. The number of hydrogen-bond acceptors (Lipinski definition) is 7. The van der Waals surface area contributed by atoms with Gasteiger partial charge in [0.1, 0.15) is 0 Å². The van der Waals surface area contributed by atoms with E-state index >= 15 is 0 Å². The first kappa shape index (κ1) is 22.5. The molecule has 0 saturated heterocycles. The van der Waals surface area contributed by atoms with E-state index in [1.807, 2.05) is 0 Å². The summed E-state index contributed by atoms with van der Waals surface area (Å²) in [4.78, 5) is 48.3. The van der Waals surface area contributed by atoms with Crippen LogP contribution in [-0.4, -0.2) is 36.0 Å². The lowest BCUT2D eigenvalue weighted by molar-refractivity contribution is -0.384. The van der Waals surface area contributed by atoms with E-state index in [1.54, 1.807) is 44.2 Å². The van der Waals surface area contributed by atoms with Crippen LogP contribution in [0.25, 0.3) is 0 Å². The Bertz CT molecular complexity index is 879. The van der Waals surface area contributed by atoms with Crippen molar-refractivity contribution < 1.29 is 28.8 Å². The smallest absolute Gasteiger partial charge is 0.322 e. The van der Waals surface area contributed by atoms with Crippen molar-refractivity contribution in [1.82, 2.24) is 5.32 Å². The molecule has 1 amide bonds. The number of nitro groups is 1. The monoisotopic (exact) mass is 414 g/mol. The van der Waals surface area contributed by atoms with E-state index in [2.05, 4.69) is 5.32 Å². The van der Waals surface area contributed by atoms with Gasteiger partial charge in [0.15, 0.2) is 5.92 Å². The van der Waals surface area contributed by atoms with Crippen molar-refractivity contribution in [3.05, 3.63) is 75.8 Å². The molecule has 1 unspecified atom stereocenters. The normalized spacial score (nSPS) is 11.4. The van der Waals surface area contributed by atoms with Gasteiger partial charge in [-0.05, 0) is 31.5 Å². The molecule has 0 aliphatic rings. The van der Waals surface area contributed by atoms with E-state index in [0.717, 1.165) is 0 Å². The zero-order chi connectivity index (χ0) is 22.1. The molecule has 0 radical (unpaired) electrons. The second-order valence-electron chi connectivity index (χ2n) is 6.15. The topological polar surface area (TPSA) is 125 Å². The van der Waals surface area contributed by atoms with Gasteiger partial charge in [-0.25, -0.2) is 0 Å². The van der Waals surface area contributed by atoms with Crippen molar-refractivity contribution in [2.24, 2.45) is 5.92 Å². The second kappa shape index (κ2) is 10.7. The minimum atomic E-state index is -1.49. The molecule has 9 nitrogen and oxygen atoms in total. The Morgan fingerprint density at radius 1 is 0.933 bits per heavy atom. The number of carbonyl (C=O) groups excluding carboxylic acids is 3. The predicted molar refractivity (Wildman–Crippen MR) is 107 cm³/mol. The van der Waals surface area contributed by atoms with Crippen LogP contribution in [0.5, 0.6) is 0 Å². The molecule has 30 heavy (non-hydrogen) atoms. The van der Waals surface area contributed by atoms with Gasteiger partial charge in [0.25, 0.3) is 11.6 Å². The molecule has 1 N–H and O–H groups in total. The number of nitrogens with zero attached hydrogens (tertiary/aromatic N) is 1. The Kier molecular flexibility index (Phi) is 8.04. The number of non-ortho nitro benzene ring substituents is 1. The molecule has 0 heterocycles. The van der Waals surface area contributed by atoms with E-state index in [1.165, 1.54) is 24.3 Å². The first-order valence-electron chi connectivity index (χ1n) is 9.32. The lowest BCUT2D eigenvalue weighted by Crippen LogP contribution is -2.42. The van der Waals surface area contributed by atoms with Gasteiger partial charge in [-0.3, -0.25) is 24.5 Å². The summed E-state index contributed by atoms with van der Waals surface area (Å²) in [6.07, 6.45) is 0. The van der Waals surface area contributed by atoms with E-state index in [9.17, 15) is 24.5 Å². The van der Waals surface area contributed by atoms with Crippen LogP contribution in [-0.2, 0) is 19.1 Å². The molecule has 0 spiro atoms. The average Bonchev–Trinajstić information content (AvgIpc) is 2.74. The standard InChI is InChI=1S/C21H22N2O7/c1-3-29-20(25)17(21(26)30-4-2)18(14-10-12-16(13-11-14)23(27)28)22-19(24)15-8-6-5-7-9-15/h5-13,17-18H,3-4H2,1-2H3,(H,22,24). The lowest BCUT2D eigenvalue weighted by atomic mass is 9.92. The van der Waals surface area contributed by atoms with Crippen LogP contribution in [0.4, 0.5) is 5.69 Å². The molecule has 0 aliphatic heterocycles. The fourth-order valence-corrected chi connectivity index (χ4v) is 2.81. The minimum Gasteiger partial charge on any atom is -0.465 e. The summed E-state index contributed by atoms with van der Waals surface area (Å²) < 4.78 is 10.0. The van der Waals surface area contributed by atoms with Gasteiger partial charge in [0.2, 0.25) is 0 Å². The Morgan fingerprint density at radius 3 is 1.93 bits per heavy atom. The molecule has 0 bridgehead atoms. The highest BCUT2D eigenvalue weighted by molar-refractivity contribution is 5.99. The molecule has 2 aromatic rings. The summed E-state index contributed by atoms with van der Waals surface area (Å²) >= 11 is 0. The zero-order valence-electron chi connectivity index (χ0n) is 16.6. The van der Waals surface area contributed by atoms with Gasteiger partial charge in [-0.1, -0.05) is 30.3 Å². The van der Waals surface area contributed by atoms with Crippen LogP contribution >= 0.6 is 0 Å². The van der Waals surface area contributed by atoms with Gasteiger partial charge < -0.3 is 14.8 Å². The maximum Gasteiger partial charge on any atom is 0.322 e. The van der Waals surface area contributed by atoms with E-state index in [4.69, 9.17) is 9.47 Å². The van der Waals surface area contributed by atoms with Gasteiger partial charge in [-0.2, -0.15) is 0 Å². The summed E-state index contributed by atoms with van der Waals surface area (Å²) in [6.45, 7) is 3.22. The van der Waals surface area contributed by atoms with E-state index in [0.29, 0.717) is 11.1 Å². The Hall–Kier alpha value is -3.75. The van der Waals surface area contributed by atoms with Crippen LogP contribution in [0, 0.1) is 16.0 Å². The maximum absolute atomic E-state index is 12.7. The van der Waals surface area contributed by atoms with Crippen molar-refractivity contribution in [2.75, 3.05) is 13.2 Å². The molecular weight excluding hydrogens is 392 g/mol. The van der Waals surface area contributed by atoms with Gasteiger partial charge >= 0.3 is 11.9 Å². The Labute approximate surface area is 173 Å². The van der Waals surface area contributed by atoms with E-state index < -0.39 is 34.7 Å². The van der Waals surface area contributed by atoms with Crippen LogP contribution in [0.1, 0.15) is 35.8 Å². The Morgan fingerprint density at radius 2 is 1.47 bits per heavy atom. The van der Waals surface area contributed by atoms with Crippen LogP contribution in [0.2, 0.25) is 0 Å². The number of carbonyl (C=O) groups is 3. The molecule has 1 atom stereocenters. The quantitative estimate of drug-likeness (QED) is 0.289. The summed E-state index contributed by atoms with van der Waals surface area (Å²) in [5.41, 5.74) is 0.461. The summed E-state index contributed by atoms with van der Waals surface area (Å²) in [7, 11) is 0. The van der Waals surface area contributed by atoms with Gasteiger partial charge in [0.05, 0.1) is 24.2 Å². The van der Waals surface area contributed by atoms with Gasteiger partial charge in [0, 0.05) is 17.7 Å². The largest absolute Gasteiger partial charge is 0.465 e. The van der Waals surface area contributed by atoms with Crippen molar-refractivity contribution in [1.29, 1.82) is 0 Å². The third-order valence-corrected chi connectivity index (χ3v) is 4.20. The third-order valence-electron chi connectivity index (χ3n) is 4.20. The number of ether oxygens (including phenoxy) is 2. The van der Waals surface area contributed by atoms with Crippen LogP contribution in [0.3, 0.4) is 0 Å². The van der Waals surface area contributed by atoms with E-state index in [-0.39, 0.29) is 18.9 Å². The van der Waals surface area contributed by atoms with Crippen molar-refractivity contribution in [3.8, 4) is 0 Å². The van der Waals surface area contributed by atoms with Gasteiger partial charge in [-0.15, -0.1) is 0 Å².